The van der Waals surface area contributed by atoms with Gasteiger partial charge in [-0.05, 0) is 12.8 Å². The van der Waals surface area contributed by atoms with E-state index < -0.39 is 0 Å². The van der Waals surface area contributed by atoms with Crippen LogP contribution in [-0.2, 0) is 4.79 Å². The Kier molecular flexibility index (Phi) is 3.80. The van der Waals surface area contributed by atoms with E-state index in [2.05, 4.69) is 0 Å². The normalized spacial score (nSPS) is 12.8. The predicted octanol–water partition coefficient (Wildman–Crippen LogP) is 0.963. The number of hydrogen-bond acceptors (Lipinski definition) is 2. The van der Waals surface area contributed by atoms with E-state index in [1.165, 1.54) is 0 Å². The van der Waals surface area contributed by atoms with Crippen LogP contribution in [0.2, 0.25) is 0 Å². The standard InChI is InChI=1S/C9H18N2O/c1-6(2)8(11(4)5)7(3)9(10)12/h6H,1-5H3,(H2,10,12). The van der Waals surface area contributed by atoms with Gasteiger partial charge in [0.2, 0.25) is 5.91 Å². The zero-order valence-corrected chi connectivity index (χ0v) is 8.51. The number of amides is 1. The maximum Gasteiger partial charge on any atom is 0.246 e. The fraction of sp³-hybridized carbons (Fsp3) is 0.667. The van der Waals surface area contributed by atoms with Crippen LogP contribution in [0.5, 0.6) is 0 Å². The summed E-state index contributed by atoms with van der Waals surface area (Å²) >= 11 is 0. The second kappa shape index (κ2) is 4.14. The van der Waals surface area contributed by atoms with Crippen molar-refractivity contribution in [1.29, 1.82) is 0 Å². The Morgan fingerprint density at radius 1 is 1.33 bits per heavy atom. The van der Waals surface area contributed by atoms with Crippen LogP contribution in [0.4, 0.5) is 0 Å². The number of hydrogen-bond donors (Lipinski definition) is 1. The fourth-order valence-electron chi connectivity index (χ4n) is 1.41. The maximum atomic E-state index is 10.9. The van der Waals surface area contributed by atoms with Gasteiger partial charge < -0.3 is 10.6 Å². The van der Waals surface area contributed by atoms with Crippen molar-refractivity contribution in [2.75, 3.05) is 14.1 Å². The molecule has 0 aromatic rings. The lowest BCUT2D eigenvalue weighted by Crippen LogP contribution is -2.23. The molecule has 2 N–H and O–H groups in total. The molecule has 3 nitrogen and oxygen atoms in total. The fourth-order valence-corrected chi connectivity index (χ4v) is 1.41. The van der Waals surface area contributed by atoms with Crippen LogP contribution in [0, 0.1) is 5.92 Å². The van der Waals surface area contributed by atoms with Crippen LogP contribution in [0.25, 0.3) is 0 Å². The highest BCUT2D eigenvalue weighted by atomic mass is 16.1. The van der Waals surface area contributed by atoms with Crippen molar-refractivity contribution in [2.45, 2.75) is 20.8 Å². The van der Waals surface area contributed by atoms with Crippen molar-refractivity contribution in [2.24, 2.45) is 11.7 Å². The van der Waals surface area contributed by atoms with E-state index in [1.807, 2.05) is 32.8 Å². The number of carbonyl (C=O) groups excluding carboxylic acids is 1. The summed E-state index contributed by atoms with van der Waals surface area (Å²) in [4.78, 5) is 12.8. The molecule has 1 amide bonds. The van der Waals surface area contributed by atoms with Crippen LogP contribution in [0.3, 0.4) is 0 Å². The molecular weight excluding hydrogens is 152 g/mol. The molecule has 0 aliphatic carbocycles. The molecule has 0 aromatic carbocycles. The van der Waals surface area contributed by atoms with Gasteiger partial charge in [-0.25, -0.2) is 0 Å². The second-order valence-corrected chi connectivity index (χ2v) is 3.42. The second-order valence-electron chi connectivity index (χ2n) is 3.42. The third-order valence-electron chi connectivity index (χ3n) is 1.78. The van der Waals surface area contributed by atoms with Crippen molar-refractivity contribution >= 4 is 5.91 Å². The van der Waals surface area contributed by atoms with Gasteiger partial charge in [-0.15, -0.1) is 0 Å². The molecule has 0 saturated carbocycles. The van der Waals surface area contributed by atoms with E-state index in [0.717, 1.165) is 5.70 Å². The lowest BCUT2D eigenvalue weighted by Gasteiger charge is -2.22. The van der Waals surface area contributed by atoms with E-state index in [1.54, 1.807) is 6.92 Å². The van der Waals surface area contributed by atoms with Crippen LogP contribution in [0.1, 0.15) is 20.8 Å². The molecule has 0 aromatic heterocycles. The summed E-state index contributed by atoms with van der Waals surface area (Å²) in [5, 5.41) is 0. The zero-order valence-electron chi connectivity index (χ0n) is 8.51. The Morgan fingerprint density at radius 2 is 1.75 bits per heavy atom. The van der Waals surface area contributed by atoms with Gasteiger partial charge in [0.1, 0.15) is 0 Å². The summed E-state index contributed by atoms with van der Waals surface area (Å²) in [5.41, 5.74) is 6.84. The lowest BCUT2D eigenvalue weighted by atomic mass is 10.0. The van der Waals surface area contributed by atoms with Gasteiger partial charge in [-0.3, -0.25) is 4.79 Å². The minimum absolute atomic E-state index is 0.326. The molecular formula is C9H18N2O. The smallest absolute Gasteiger partial charge is 0.246 e. The maximum absolute atomic E-state index is 10.9. The minimum atomic E-state index is -0.340. The highest BCUT2D eigenvalue weighted by Crippen LogP contribution is 2.16. The first-order valence-electron chi connectivity index (χ1n) is 4.05. The van der Waals surface area contributed by atoms with Gasteiger partial charge in [0.25, 0.3) is 0 Å². The molecule has 0 aliphatic heterocycles. The first-order chi connectivity index (χ1) is 5.37. The van der Waals surface area contributed by atoms with Gasteiger partial charge >= 0.3 is 0 Å². The number of primary amides is 1. The average molecular weight is 170 g/mol. The van der Waals surface area contributed by atoms with Gasteiger partial charge in [0, 0.05) is 25.4 Å². The number of nitrogens with two attached hydrogens (primary N) is 1. The van der Waals surface area contributed by atoms with E-state index in [4.69, 9.17) is 5.73 Å². The van der Waals surface area contributed by atoms with Crippen molar-refractivity contribution in [3.8, 4) is 0 Å². The molecule has 3 heteroatoms. The van der Waals surface area contributed by atoms with E-state index in [9.17, 15) is 4.79 Å². The average Bonchev–Trinajstić information content (AvgIpc) is 1.85. The third-order valence-corrected chi connectivity index (χ3v) is 1.78. The van der Waals surface area contributed by atoms with Crippen molar-refractivity contribution in [3.63, 3.8) is 0 Å². The molecule has 0 radical (unpaired) electrons. The molecule has 0 bridgehead atoms. The first-order valence-corrected chi connectivity index (χ1v) is 4.05. The quantitative estimate of drug-likeness (QED) is 0.641. The van der Waals surface area contributed by atoms with Gasteiger partial charge in [-0.2, -0.15) is 0 Å². The van der Waals surface area contributed by atoms with Crippen LogP contribution >= 0.6 is 0 Å². The lowest BCUT2D eigenvalue weighted by molar-refractivity contribution is -0.114. The van der Waals surface area contributed by atoms with Crippen molar-refractivity contribution in [3.05, 3.63) is 11.3 Å². The molecule has 0 fully saturated rings. The molecule has 70 valence electrons. The number of carbonyl (C=O) groups is 1. The molecule has 0 spiro atoms. The third kappa shape index (κ3) is 2.57. The van der Waals surface area contributed by atoms with Crippen LogP contribution in [-0.4, -0.2) is 24.9 Å². The summed E-state index contributed by atoms with van der Waals surface area (Å²) in [6.07, 6.45) is 0. The molecule has 0 aliphatic rings. The summed E-state index contributed by atoms with van der Waals surface area (Å²) < 4.78 is 0. The summed E-state index contributed by atoms with van der Waals surface area (Å²) in [6, 6.07) is 0. The zero-order chi connectivity index (χ0) is 9.89. The number of allylic oxidation sites excluding steroid dienone is 1. The Balaban J connectivity index is 4.94. The van der Waals surface area contributed by atoms with E-state index >= 15 is 0 Å². The monoisotopic (exact) mass is 170 g/mol. The molecule has 0 saturated heterocycles. The Labute approximate surface area is 74.2 Å². The van der Waals surface area contributed by atoms with Gasteiger partial charge in [0.05, 0.1) is 0 Å². The summed E-state index contributed by atoms with van der Waals surface area (Å²) in [7, 11) is 3.84. The molecule has 0 heterocycles. The van der Waals surface area contributed by atoms with Gasteiger partial charge in [-0.1, -0.05) is 13.8 Å². The Hall–Kier alpha value is -0.990. The van der Waals surface area contributed by atoms with Crippen LogP contribution in [0.15, 0.2) is 11.3 Å². The van der Waals surface area contributed by atoms with E-state index in [0.29, 0.717) is 11.5 Å². The number of rotatable bonds is 3. The molecule has 0 unspecified atom stereocenters. The summed E-state index contributed by atoms with van der Waals surface area (Å²) in [6.45, 7) is 5.85. The topological polar surface area (TPSA) is 46.3 Å². The van der Waals surface area contributed by atoms with Crippen molar-refractivity contribution in [1.82, 2.24) is 4.90 Å². The SMILES string of the molecule is CC(C(N)=O)=C(C(C)C)N(C)C. The summed E-state index contributed by atoms with van der Waals surface area (Å²) in [5.74, 6) is -0.0140. The Morgan fingerprint density at radius 3 is 1.83 bits per heavy atom. The molecule has 12 heavy (non-hydrogen) atoms. The van der Waals surface area contributed by atoms with E-state index in [-0.39, 0.29) is 5.91 Å². The molecule has 0 atom stereocenters. The van der Waals surface area contributed by atoms with Gasteiger partial charge in [0.15, 0.2) is 0 Å². The first kappa shape index (κ1) is 11.0. The largest absolute Gasteiger partial charge is 0.380 e. The van der Waals surface area contributed by atoms with Crippen LogP contribution < -0.4 is 5.73 Å². The number of nitrogens with zero attached hydrogens (tertiary/aromatic N) is 1. The Bertz CT molecular complexity index is 195. The van der Waals surface area contributed by atoms with Crippen molar-refractivity contribution < 1.29 is 4.79 Å². The highest BCUT2D eigenvalue weighted by molar-refractivity contribution is 5.92. The predicted molar refractivity (Wildman–Crippen MR) is 50.4 cm³/mol. The molecule has 0 rings (SSSR count). The highest BCUT2D eigenvalue weighted by Gasteiger charge is 2.12. The minimum Gasteiger partial charge on any atom is -0.380 e.